The van der Waals surface area contributed by atoms with Gasteiger partial charge in [0.15, 0.2) is 17.3 Å². The van der Waals surface area contributed by atoms with Crippen LogP contribution in [0.15, 0.2) is 30.6 Å². The summed E-state index contributed by atoms with van der Waals surface area (Å²) in [7, 11) is 3.23. The maximum atomic E-state index is 13.0. The van der Waals surface area contributed by atoms with Crippen LogP contribution in [-0.2, 0) is 24.2 Å². The molecular formula is C25H31N5O3. The van der Waals surface area contributed by atoms with E-state index in [1.807, 2.05) is 35.1 Å². The molecule has 1 unspecified atom stereocenters. The Morgan fingerprint density at radius 2 is 2.00 bits per heavy atom. The van der Waals surface area contributed by atoms with E-state index in [0.29, 0.717) is 24.6 Å². The molecule has 1 aromatic carbocycles. The van der Waals surface area contributed by atoms with E-state index in [4.69, 9.17) is 19.6 Å². The smallest absolute Gasteiger partial charge is 0.225 e. The van der Waals surface area contributed by atoms with Crippen LogP contribution in [0.2, 0.25) is 0 Å². The molecule has 1 atom stereocenters. The third kappa shape index (κ3) is 4.21. The SMILES string of the molecule is COc1ccc(CNC(=O)C2CCCN(c3nccn4nc5c(c34)CCCC5)C2)cc1OC. The molecule has 8 nitrogen and oxygen atoms in total. The van der Waals surface area contributed by atoms with Crippen LogP contribution in [0.25, 0.3) is 5.52 Å². The van der Waals surface area contributed by atoms with Crippen LogP contribution in [0.4, 0.5) is 5.82 Å². The van der Waals surface area contributed by atoms with Crippen LogP contribution in [0.3, 0.4) is 0 Å². The molecule has 174 valence electrons. The third-order valence-corrected chi connectivity index (χ3v) is 6.80. The summed E-state index contributed by atoms with van der Waals surface area (Å²) in [4.78, 5) is 20.1. The zero-order chi connectivity index (χ0) is 22.8. The number of hydrogen-bond acceptors (Lipinski definition) is 6. The van der Waals surface area contributed by atoms with Crippen LogP contribution in [0.5, 0.6) is 11.5 Å². The lowest BCUT2D eigenvalue weighted by atomic mass is 9.95. The van der Waals surface area contributed by atoms with E-state index in [1.165, 1.54) is 24.1 Å². The third-order valence-electron chi connectivity index (χ3n) is 6.80. The highest BCUT2D eigenvalue weighted by Gasteiger charge is 2.29. The Balaban J connectivity index is 1.29. The van der Waals surface area contributed by atoms with Gasteiger partial charge in [-0.3, -0.25) is 4.79 Å². The number of methoxy groups -OCH3 is 2. The van der Waals surface area contributed by atoms with Crippen LogP contribution >= 0.6 is 0 Å². The van der Waals surface area contributed by atoms with Crippen molar-refractivity contribution in [3.8, 4) is 11.5 Å². The number of nitrogens with one attached hydrogen (secondary N) is 1. The van der Waals surface area contributed by atoms with Gasteiger partial charge in [-0.05, 0) is 56.2 Å². The minimum Gasteiger partial charge on any atom is -0.493 e. The summed E-state index contributed by atoms with van der Waals surface area (Å²) < 4.78 is 12.7. The van der Waals surface area contributed by atoms with Crippen LogP contribution < -0.4 is 19.7 Å². The number of carbonyl (C=O) groups is 1. The van der Waals surface area contributed by atoms with Crippen LogP contribution in [0, 0.1) is 5.92 Å². The summed E-state index contributed by atoms with van der Waals surface area (Å²) >= 11 is 0. The molecule has 0 spiro atoms. The monoisotopic (exact) mass is 449 g/mol. The van der Waals surface area contributed by atoms with E-state index in [1.54, 1.807) is 14.2 Å². The molecule has 1 fully saturated rings. The van der Waals surface area contributed by atoms with Crippen molar-refractivity contribution in [1.82, 2.24) is 19.9 Å². The second kappa shape index (κ2) is 9.29. The van der Waals surface area contributed by atoms with E-state index in [2.05, 4.69) is 10.2 Å². The minimum atomic E-state index is -0.0697. The van der Waals surface area contributed by atoms with Crippen molar-refractivity contribution in [2.45, 2.75) is 45.1 Å². The largest absolute Gasteiger partial charge is 0.493 e. The Morgan fingerprint density at radius 1 is 1.15 bits per heavy atom. The van der Waals surface area contributed by atoms with Crippen molar-refractivity contribution in [1.29, 1.82) is 0 Å². The summed E-state index contributed by atoms with van der Waals surface area (Å²) in [6, 6.07) is 5.71. The fraction of sp³-hybridized carbons (Fsp3) is 0.480. The van der Waals surface area contributed by atoms with Gasteiger partial charge in [-0.1, -0.05) is 6.07 Å². The highest BCUT2D eigenvalue weighted by atomic mass is 16.5. The molecule has 3 heterocycles. The van der Waals surface area contributed by atoms with E-state index in [9.17, 15) is 4.79 Å². The highest BCUT2D eigenvalue weighted by Crippen LogP contribution is 2.32. The second-order valence-electron chi connectivity index (χ2n) is 8.87. The first-order chi connectivity index (χ1) is 16.2. The van der Waals surface area contributed by atoms with Crippen molar-refractivity contribution >= 4 is 17.2 Å². The fourth-order valence-electron chi connectivity index (χ4n) is 5.09. The lowest BCUT2D eigenvalue weighted by Gasteiger charge is -2.33. The van der Waals surface area contributed by atoms with Gasteiger partial charge in [0.2, 0.25) is 5.91 Å². The predicted molar refractivity (Wildman–Crippen MR) is 126 cm³/mol. The summed E-state index contributed by atoms with van der Waals surface area (Å²) in [6.45, 7) is 2.04. The van der Waals surface area contributed by atoms with E-state index >= 15 is 0 Å². The number of piperidine rings is 1. The zero-order valence-electron chi connectivity index (χ0n) is 19.3. The Bertz CT molecular complexity index is 1160. The molecule has 2 aliphatic rings. The number of aromatic nitrogens is 3. The van der Waals surface area contributed by atoms with Gasteiger partial charge >= 0.3 is 0 Å². The Labute approximate surface area is 193 Å². The van der Waals surface area contributed by atoms with Gasteiger partial charge in [0.05, 0.1) is 25.8 Å². The predicted octanol–water partition coefficient (Wildman–Crippen LogP) is 3.16. The number of rotatable bonds is 6. The standard InChI is InChI=1S/C25H31N5O3/c1-32-21-10-9-17(14-22(21)33-2)15-27-25(31)18-6-5-12-29(16-18)24-23-19-7-3-4-8-20(19)28-30(23)13-11-26-24/h9-11,13-14,18H,3-8,12,15-16H2,1-2H3,(H,27,31). The van der Waals surface area contributed by atoms with E-state index in [0.717, 1.165) is 49.1 Å². The molecule has 33 heavy (non-hydrogen) atoms. The molecule has 0 saturated carbocycles. The fourth-order valence-corrected chi connectivity index (χ4v) is 5.09. The van der Waals surface area contributed by atoms with Gasteiger partial charge in [-0.25, -0.2) is 9.50 Å². The summed E-state index contributed by atoms with van der Waals surface area (Å²) in [5.41, 5.74) is 4.64. The molecular weight excluding hydrogens is 418 g/mol. The summed E-state index contributed by atoms with van der Waals surface area (Å²) in [5, 5.41) is 7.92. The average Bonchev–Trinajstić information content (AvgIpc) is 3.26. The molecule has 8 heteroatoms. The lowest BCUT2D eigenvalue weighted by Crippen LogP contribution is -2.43. The average molecular weight is 450 g/mol. The number of nitrogens with zero attached hydrogens (tertiary/aromatic N) is 4. The number of fused-ring (bicyclic) bond motifs is 3. The van der Waals surface area contributed by atoms with E-state index < -0.39 is 0 Å². The Morgan fingerprint density at radius 3 is 2.85 bits per heavy atom. The first kappa shape index (κ1) is 21.6. The molecule has 0 bridgehead atoms. The first-order valence-electron chi connectivity index (χ1n) is 11.8. The number of ether oxygens (including phenoxy) is 2. The Hall–Kier alpha value is -3.29. The number of hydrogen-bond donors (Lipinski definition) is 1. The quantitative estimate of drug-likeness (QED) is 0.623. The maximum Gasteiger partial charge on any atom is 0.225 e. The van der Waals surface area contributed by atoms with Gasteiger partial charge in [0.25, 0.3) is 0 Å². The molecule has 1 aliphatic carbocycles. The second-order valence-corrected chi connectivity index (χ2v) is 8.87. The van der Waals surface area contributed by atoms with Crippen molar-refractivity contribution in [2.24, 2.45) is 5.92 Å². The molecule has 5 rings (SSSR count). The lowest BCUT2D eigenvalue weighted by molar-refractivity contribution is -0.125. The van der Waals surface area contributed by atoms with Gasteiger partial charge in [0, 0.05) is 37.6 Å². The van der Waals surface area contributed by atoms with Crippen molar-refractivity contribution in [3.05, 3.63) is 47.4 Å². The maximum absolute atomic E-state index is 13.0. The molecule has 3 aromatic rings. The van der Waals surface area contributed by atoms with Gasteiger partial charge in [-0.15, -0.1) is 0 Å². The summed E-state index contributed by atoms with van der Waals surface area (Å²) in [5.74, 6) is 2.32. The first-order valence-corrected chi connectivity index (χ1v) is 11.8. The molecule has 1 amide bonds. The van der Waals surface area contributed by atoms with E-state index in [-0.39, 0.29) is 11.8 Å². The van der Waals surface area contributed by atoms with Gasteiger partial charge in [-0.2, -0.15) is 5.10 Å². The molecule has 1 saturated heterocycles. The number of aryl methyl sites for hydroxylation is 2. The van der Waals surface area contributed by atoms with Crippen LogP contribution in [0.1, 0.15) is 42.5 Å². The van der Waals surface area contributed by atoms with Gasteiger partial charge < -0.3 is 19.7 Å². The highest BCUT2D eigenvalue weighted by molar-refractivity contribution is 5.81. The number of amides is 1. The molecule has 1 N–H and O–H groups in total. The van der Waals surface area contributed by atoms with Crippen molar-refractivity contribution < 1.29 is 14.3 Å². The minimum absolute atomic E-state index is 0.0697. The summed E-state index contributed by atoms with van der Waals surface area (Å²) in [6.07, 6.45) is 10.1. The zero-order valence-corrected chi connectivity index (χ0v) is 19.3. The number of benzene rings is 1. The molecule has 1 aliphatic heterocycles. The van der Waals surface area contributed by atoms with Gasteiger partial charge in [0.1, 0.15) is 5.52 Å². The van der Waals surface area contributed by atoms with Crippen molar-refractivity contribution in [3.63, 3.8) is 0 Å². The Kier molecular flexibility index (Phi) is 6.07. The topological polar surface area (TPSA) is 81.0 Å². The van der Waals surface area contributed by atoms with Crippen molar-refractivity contribution in [2.75, 3.05) is 32.2 Å². The van der Waals surface area contributed by atoms with Crippen LogP contribution in [-0.4, -0.2) is 47.8 Å². The normalized spacial score (nSPS) is 18.1. The number of anilines is 1. The molecule has 0 radical (unpaired) electrons. The number of carbonyl (C=O) groups excluding carboxylic acids is 1. The molecule has 2 aromatic heterocycles.